The first-order valence-electron chi connectivity index (χ1n) is 4.90. The normalized spacial score (nSPS) is 13.2. The predicted molar refractivity (Wildman–Crippen MR) is 58.6 cm³/mol. The van der Waals surface area contributed by atoms with Gasteiger partial charge in [0.2, 0.25) is 0 Å². The second-order valence-electron chi connectivity index (χ2n) is 3.70. The molecule has 0 rings (SSSR count). The summed E-state index contributed by atoms with van der Waals surface area (Å²) in [5.41, 5.74) is 0. The lowest BCUT2D eigenvalue weighted by Gasteiger charge is -2.32. The quantitative estimate of drug-likeness (QED) is 0.532. The molecule has 14 heavy (non-hydrogen) atoms. The molecule has 0 saturated heterocycles. The number of unbranched alkanes of at least 4 members (excludes halogenated alkanes) is 1. The molecule has 0 aromatic carbocycles. The van der Waals surface area contributed by atoms with Gasteiger partial charge < -0.3 is 14.4 Å². The zero-order valence-electron chi connectivity index (χ0n) is 9.79. The summed E-state index contributed by atoms with van der Waals surface area (Å²) in [6.45, 7) is 6.59. The Morgan fingerprint density at radius 3 is 2.14 bits per heavy atom. The van der Waals surface area contributed by atoms with Crippen molar-refractivity contribution in [3.63, 3.8) is 0 Å². The van der Waals surface area contributed by atoms with Crippen LogP contribution in [-0.4, -0.2) is 26.0 Å². The highest BCUT2D eigenvalue weighted by molar-refractivity contribution is 7.55. The number of rotatable bonds is 7. The predicted octanol–water partition coefficient (Wildman–Crippen LogP) is 2.60. The Bertz CT molecular complexity index is 198. The summed E-state index contributed by atoms with van der Waals surface area (Å²) in [6.07, 6.45) is 2.16. The van der Waals surface area contributed by atoms with E-state index in [0.29, 0.717) is 0 Å². The minimum Gasteiger partial charge on any atom is -0.311 e. The lowest BCUT2D eigenvalue weighted by atomic mass is 10.3. The van der Waals surface area contributed by atoms with Gasteiger partial charge in [0.25, 0.3) is 0 Å². The largest absolute Gasteiger partial charge is 0.349 e. The maximum atomic E-state index is 12.1. The highest BCUT2D eigenvalue weighted by Gasteiger charge is 2.41. The van der Waals surface area contributed by atoms with Crippen LogP contribution >= 0.6 is 7.60 Å². The first-order valence-corrected chi connectivity index (χ1v) is 6.44. The summed E-state index contributed by atoms with van der Waals surface area (Å²) < 4.78 is 22.0. The fourth-order valence-corrected chi connectivity index (χ4v) is 2.57. The highest BCUT2D eigenvalue weighted by atomic mass is 31.2. The third-order valence-corrected chi connectivity index (χ3v) is 4.74. The highest BCUT2D eigenvalue weighted by Crippen LogP contribution is 2.57. The number of nitrogens with one attached hydrogen (secondary N) is 1. The smallest absolute Gasteiger partial charge is 0.311 e. The molecule has 0 aliphatic heterocycles. The van der Waals surface area contributed by atoms with Gasteiger partial charge in [-0.15, -0.1) is 0 Å². The molecule has 0 unspecified atom stereocenters. The molecule has 0 amide bonds. The maximum Gasteiger partial charge on any atom is 0.349 e. The van der Waals surface area contributed by atoms with Gasteiger partial charge in [0.15, 0.2) is 0 Å². The molecule has 4 nitrogen and oxygen atoms in total. The van der Waals surface area contributed by atoms with Crippen molar-refractivity contribution in [2.45, 2.75) is 38.9 Å². The van der Waals surface area contributed by atoms with Crippen molar-refractivity contribution in [3.05, 3.63) is 0 Å². The van der Waals surface area contributed by atoms with Gasteiger partial charge in [-0.25, -0.2) is 0 Å². The Morgan fingerprint density at radius 1 is 1.29 bits per heavy atom. The Kier molecular flexibility index (Phi) is 5.91. The van der Waals surface area contributed by atoms with Crippen molar-refractivity contribution < 1.29 is 13.6 Å². The molecule has 0 bridgehead atoms. The Morgan fingerprint density at radius 2 is 1.79 bits per heavy atom. The second-order valence-corrected chi connectivity index (χ2v) is 6.55. The molecule has 0 saturated carbocycles. The van der Waals surface area contributed by atoms with Crippen molar-refractivity contribution in [3.8, 4) is 0 Å². The van der Waals surface area contributed by atoms with Gasteiger partial charge in [0.1, 0.15) is 5.28 Å². The van der Waals surface area contributed by atoms with E-state index >= 15 is 0 Å². The molecule has 0 spiro atoms. The summed E-state index contributed by atoms with van der Waals surface area (Å²) in [4.78, 5) is 0. The van der Waals surface area contributed by atoms with Crippen LogP contribution in [-0.2, 0) is 13.6 Å². The summed E-state index contributed by atoms with van der Waals surface area (Å²) in [5.74, 6) is 0. The van der Waals surface area contributed by atoms with Crippen molar-refractivity contribution in [1.29, 1.82) is 0 Å². The van der Waals surface area contributed by atoms with E-state index in [4.69, 9.17) is 9.05 Å². The topological polar surface area (TPSA) is 47.6 Å². The van der Waals surface area contributed by atoms with E-state index in [2.05, 4.69) is 12.2 Å². The zero-order valence-corrected chi connectivity index (χ0v) is 10.7. The maximum absolute atomic E-state index is 12.1. The number of hydrogen-bond acceptors (Lipinski definition) is 4. The number of hydrogen-bond donors (Lipinski definition) is 1. The standard InChI is InChI=1S/C9H22NO3P/c1-6-7-8-10-9(2,3)14(11,12-4)13-5/h10H,6-8H2,1-5H3. The molecular formula is C9H22NO3P. The molecule has 0 fully saturated rings. The zero-order chi connectivity index (χ0) is 11.2. The van der Waals surface area contributed by atoms with Gasteiger partial charge in [-0.2, -0.15) is 0 Å². The lowest BCUT2D eigenvalue weighted by molar-refractivity contribution is 0.240. The molecule has 86 valence electrons. The van der Waals surface area contributed by atoms with Crippen LogP contribution in [0.15, 0.2) is 0 Å². The molecule has 0 radical (unpaired) electrons. The van der Waals surface area contributed by atoms with Crippen LogP contribution in [0.1, 0.15) is 33.6 Å². The van der Waals surface area contributed by atoms with Gasteiger partial charge in [-0.3, -0.25) is 4.57 Å². The first-order chi connectivity index (χ1) is 6.43. The van der Waals surface area contributed by atoms with Crippen LogP contribution in [0.3, 0.4) is 0 Å². The van der Waals surface area contributed by atoms with Gasteiger partial charge in [0.05, 0.1) is 0 Å². The van der Waals surface area contributed by atoms with Gasteiger partial charge in [0, 0.05) is 14.2 Å². The van der Waals surface area contributed by atoms with E-state index in [1.165, 1.54) is 14.2 Å². The molecule has 0 aromatic rings. The Balaban J connectivity index is 4.34. The van der Waals surface area contributed by atoms with E-state index in [1.807, 2.05) is 13.8 Å². The fourth-order valence-electron chi connectivity index (χ4n) is 1.20. The average molecular weight is 223 g/mol. The minimum absolute atomic E-state index is 0.633. The molecule has 1 N–H and O–H groups in total. The van der Waals surface area contributed by atoms with Crippen LogP contribution in [0.2, 0.25) is 0 Å². The van der Waals surface area contributed by atoms with E-state index in [-0.39, 0.29) is 0 Å². The lowest BCUT2D eigenvalue weighted by Crippen LogP contribution is -2.40. The van der Waals surface area contributed by atoms with Crippen LogP contribution in [0, 0.1) is 0 Å². The van der Waals surface area contributed by atoms with Crippen LogP contribution in [0.4, 0.5) is 0 Å². The summed E-state index contributed by atoms with van der Waals surface area (Å²) in [5, 5.41) is 2.56. The van der Waals surface area contributed by atoms with E-state index in [0.717, 1.165) is 19.4 Å². The van der Waals surface area contributed by atoms with Crippen molar-refractivity contribution >= 4 is 7.60 Å². The molecule has 5 heteroatoms. The third kappa shape index (κ3) is 3.35. The molecule has 0 aromatic heterocycles. The second kappa shape index (κ2) is 5.86. The summed E-state index contributed by atoms with van der Waals surface area (Å²) in [6, 6.07) is 0. The van der Waals surface area contributed by atoms with Crippen molar-refractivity contribution in [1.82, 2.24) is 5.32 Å². The SMILES string of the molecule is CCCCNC(C)(C)P(=O)(OC)OC. The monoisotopic (exact) mass is 223 g/mol. The third-order valence-electron chi connectivity index (χ3n) is 2.25. The fraction of sp³-hybridized carbons (Fsp3) is 1.00. The van der Waals surface area contributed by atoms with Gasteiger partial charge in [-0.1, -0.05) is 13.3 Å². The van der Waals surface area contributed by atoms with Crippen LogP contribution < -0.4 is 5.32 Å². The molecule has 0 aliphatic rings. The summed E-state index contributed by atoms with van der Waals surface area (Å²) in [7, 11) is -0.215. The van der Waals surface area contributed by atoms with E-state index in [9.17, 15) is 4.57 Å². The molecular weight excluding hydrogens is 201 g/mol. The van der Waals surface area contributed by atoms with Crippen molar-refractivity contribution in [2.75, 3.05) is 20.8 Å². The molecule has 0 heterocycles. The van der Waals surface area contributed by atoms with Crippen LogP contribution in [0.5, 0.6) is 0 Å². The van der Waals surface area contributed by atoms with E-state index in [1.54, 1.807) is 0 Å². The van der Waals surface area contributed by atoms with Gasteiger partial charge >= 0.3 is 7.60 Å². The van der Waals surface area contributed by atoms with E-state index < -0.39 is 12.9 Å². The summed E-state index contributed by atoms with van der Waals surface area (Å²) >= 11 is 0. The first kappa shape index (κ1) is 14.1. The minimum atomic E-state index is -3.04. The Hall–Kier alpha value is 0.110. The van der Waals surface area contributed by atoms with Crippen molar-refractivity contribution in [2.24, 2.45) is 0 Å². The van der Waals surface area contributed by atoms with Gasteiger partial charge in [-0.05, 0) is 26.8 Å². The van der Waals surface area contributed by atoms with Crippen LogP contribution in [0.25, 0.3) is 0 Å². The Labute approximate surface area is 86.9 Å². The average Bonchev–Trinajstić information content (AvgIpc) is 2.16. The molecule has 0 aliphatic carbocycles. The molecule has 0 atom stereocenters.